The Kier molecular flexibility index (Phi) is 8.86. The van der Waals surface area contributed by atoms with E-state index < -0.39 is 11.4 Å². The molecule has 4 heterocycles. The molecule has 4 N–H and O–H groups in total. The highest BCUT2D eigenvalue weighted by atomic mass is 19.1. The van der Waals surface area contributed by atoms with Crippen molar-refractivity contribution in [2.45, 2.75) is 65.1 Å². The van der Waals surface area contributed by atoms with Crippen LogP contribution >= 0.6 is 0 Å². The normalized spacial score (nSPS) is 17.5. The molecule has 9 nitrogen and oxygen atoms in total. The number of benzene rings is 1. The average Bonchev–Trinajstić information content (AvgIpc) is 2.94. The minimum absolute atomic E-state index is 0.166. The number of nitrogens with two attached hydrogens (primary N) is 1. The number of hydrogen-bond acceptors (Lipinski definition) is 9. The highest BCUT2D eigenvalue weighted by Gasteiger charge is 2.29. The van der Waals surface area contributed by atoms with Crippen LogP contribution in [0.4, 0.5) is 21.8 Å². The maximum atomic E-state index is 14.9. The van der Waals surface area contributed by atoms with Gasteiger partial charge < -0.3 is 21.1 Å². The molecule has 1 aromatic carbocycles. The van der Waals surface area contributed by atoms with E-state index in [0.717, 1.165) is 69.0 Å². The second-order valence-electron chi connectivity index (χ2n) is 12.4. The number of hydrogen-bond donors (Lipinski definition) is 3. The van der Waals surface area contributed by atoms with E-state index in [1.54, 1.807) is 19.2 Å². The second kappa shape index (κ2) is 12.4. The molecule has 0 aliphatic carbocycles. The van der Waals surface area contributed by atoms with E-state index >= 15 is 0 Å². The number of fused-ring (bicyclic) bond motifs is 1. The number of nitrogen functional groups attached to an aromatic ring is 1. The fourth-order valence-electron chi connectivity index (χ4n) is 6.17. The predicted octanol–water partition coefficient (Wildman–Crippen LogP) is 4.67. The molecule has 2 aromatic heterocycles. The number of anilines is 3. The standard InChI is InChI=1S/C32H43FN8O/c1-20(2)29(35-5)24-16-21(6-8-26(24)34)30-25(33)17-36-31(39-30)38-28-9-7-22-18-41(15-12-27(22)37-28)23-10-13-40(14-11-23)19-32(3,4)42/h6-9,16-17,20,23,42H,10-15,18-19,34H2,1-5H3,(H,36,37,38,39). The smallest absolute Gasteiger partial charge is 0.229 e. The summed E-state index contributed by atoms with van der Waals surface area (Å²) in [5.41, 5.74) is 10.9. The van der Waals surface area contributed by atoms with Crippen molar-refractivity contribution in [3.63, 3.8) is 0 Å². The van der Waals surface area contributed by atoms with Crippen molar-refractivity contribution in [3.05, 3.63) is 59.2 Å². The van der Waals surface area contributed by atoms with E-state index in [1.807, 2.05) is 26.0 Å². The quantitative estimate of drug-likeness (QED) is 0.263. The zero-order valence-corrected chi connectivity index (χ0v) is 25.4. The van der Waals surface area contributed by atoms with Gasteiger partial charge in [0, 0.05) is 67.4 Å². The van der Waals surface area contributed by atoms with Crippen LogP contribution < -0.4 is 11.1 Å². The zero-order valence-electron chi connectivity index (χ0n) is 25.4. The molecule has 0 saturated carbocycles. The molecule has 0 spiro atoms. The molecule has 0 bridgehead atoms. The van der Waals surface area contributed by atoms with Crippen LogP contribution in [0.3, 0.4) is 0 Å². The molecule has 10 heteroatoms. The fourth-order valence-corrected chi connectivity index (χ4v) is 6.17. The number of rotatable bonds is 8. The summed E-state index contributed by atoms with van der Waals surface area (Å²) in [5.74, 6) is 0.568. The number of nitrogens with one attached hydrogen (secondary N) is 1. The van der Waals surface area contributed by atoms with Gasteiger partial charge in [0.25, 0.3) is 0 Å². The lowest BCUT2D eigenvalue weighted by Crippen LogP contribution is -2.49. The number of aliphatic imine (C=N–C) groups is 1. The highest BCUT2D eigenvalue weighted by molar-refractivity contribution is 6.06. The van der Waals surface area contributed by atoms with Gasteiger partial charge in [-0.05, 0) is 69.5 Å². The molecule has 2 aliphatic rings. The van der Waals surface area contributed by atoms with Gasteiger partial charge in [-0.2, -0.15) is 0 Å². The number of halogens is 1. The van der Waals surface area contributed by atoms with Crippen LogP contribution in [0.1, 0.15) is 57.4 Å². The Bertz CT molecular complexity index is 1440. The van der Waals surface area contributed by atoms with Crippen molar-refractivity contribution >= 4 is 23.2 Å². The Hall–Kier alpha value is -3.47. The number of β-amino-alcohol motifs (C(OH)–C–C–N with tert-alkyl or cyclic N) is 1. The van der Waals surface area contributed by atoms with E-state index in [4.69, 9.17) is 10.7 Å². The maximum absolute atomic E-state index is 14.9. The van der Waals surface area contributed by atoms with E-state index in [2.05, 4.69) is 50.0 Å². The number of aliphatic hydroxyl groups is 1. The molecule has 0 amide bonds. The fraction of sp³-hybridized carbons (Fsp3) is 0.500. The first-order valence-corrected chi connectivity index (χ1v) is 14.8. The number of likely N-dealkylation sites (tertiary alicyclic amines) is 1. The number of nitrogens with zero attached hydrogens (tertiary/aromatic N) is 6. The van der Waals surface area contributed by atoms with E-state index in [1.165, 1.54) is 11.8 Å². The van der Waals surface area contributed by atoms with Gasteiger partial charge in [-0.25, -0.2) is 19.3 Å². The van der Waals surface area contributed by atoms with Gasteiger partial charge in [-0.3, -0.25) is 9.89 Å². The second-order valence-corrected chi connectivity index (χ2v) is 12.4. The topological polar surface area (TPSA) is 116 Å². The number of piperidine rings is 1. The van der Waals surface area contributed by atoms with Gasteiger partial charge in [-0.15, -0.1) is 0 Å². The first-order chi connectivity index (χ1) is 20.0. The van der Waals surface area contributed by atoms with Crippen LogP contribution in [-0.2, 0) is 13.0 Å². The third-order valence-corrected chi connectivity index (χ3v) is 8.14. The molecule has 0 atom stereocenters. The molecular formula is C32H43FN8O. The van der Waals surface area contributed by atoms with Crippen molar-refractivity contribution in [2.24, 2.45) is 10.9 Å². The van der Waals surface area contributed by atoms with Crippen LogP contribution in [0.2, 0.25) is 0 Å². The van der Waals surface area contributed by atoms with Gasteiger partial charge in [0.15, 0.2) is 5.82 Å². The van der Waals surface area contributed by atoms with Crippen molar-refractivity contribution in [3.8, 4) is 11.3 Å². The van der Waals surface area contributed by atoms with Crippen LogP contribution in [0.25, 0.3) is 11.3 Å². The molecule has 1 fully saturated rings. The summed E-state index contributed by atoms with van der Waals surface area (Å²) in [6.07, 6.45) is 4.28. The Labute approximate surface area is 248 Å². The molecule has 1 saturated heterocycles. The summed E-state index contributed by atoms with van der Waals surface area (Å²) >= 11 is 0. The van der Waals surface area contributed by atoms with Gasteiger partial charge in [-0.1, -0.05) is 26.0 Å². The summed E-state index contributed by atoms with van der Waals surface area (Å²) in [5, 5.41) is 13.3. The Morgan fingerprint density at radius 2 is 1.93 bits per heavy atom. The van der Waals surface area contributed by atoms with E-state index in [-0.39, 0.29) is 17.6 Å². The van der Waals surface area contributed by atoms with Crippen LogP contribution in [0, 0.1) is 11.7 Å². The zero-order chi connectivity index (χ0) is 30.0. The van der Waals surface area contributed by atoms with E-state index in [0.29, 0.717) is 23.1 Å². The van der Waals surface area contributed by atoms with Crippen molar-refractivity contribution in [1.29, 1.82) is 0 Å². The third kappa shape index (κ3) is 6.94. The first kappa shape index (κ1) is 30.0. The molecule has 0 unspecified atom stereocenters. The van der Waals surface area contributed by atoms with Gasteiger partial charge in [0.2, 0.25) is 5.95 Å². The third-order valence-electron chi connectivity index (χ3n) is 8.14. The van der Waals surface area contributed by atoms with Gasteiger partial charge in [0.05, 0.1) is 11.8 Å². The minimum atomic E-state index is -0.657. The summed E-state index contributed by atoms with van der Waals surface area (Å²) in [6.45, 7) is 12.4. The van der Waals surface area contributed by atoms with Crippen LogP contribution in [0.5, 0.6) is 0 Å². The SMILES string of the molecule is CN=C(c1cc(-c2nc(Nc3ccc4c(n3)CCN(C3CCN(CC(C)(C)O)CC3)C4)ncc2F)ccc1N)C(C)C. The highest BCUT2D eigenvalue weighted by Crippen LogP contribution is 2.29. The van der Waals surface area contributed by atoms with Crippen LogP contribution in [0.15, 0.2) is 41.5 Å². The summed E-state index contributed by atoms with van der Waals surface area (Å²) in [7, 11) is 1.74. The van der Waals surface area contributed by atoms with Crippen LogP contribution in [-0.4, -0.2) is 80.4 Å². The largest absolute Gasteiger partial charge is 0.398 e. The predicted molar refractivity (Wildman–Crippen MR) is 167 cm³/mol. The lowest BCUT2D eigenvalue weighted by molar-refractivity contribution is 0.0155. The average molecular weight is 575 g/mol. The van der Waals surface area contributed by atoms with Gasteiger partial charge in [0.1, 0.15) is 11.5 Å². The Morgan fingerprint density at radius 3 is 2.62 bits per heavy atom. The lowest BCUT2D eigenvalue weighted by Gasteiger charge is -2.41. The summed E-state index contributed by atoms with van der Waals surface area (Å²) in [6, 6.07) is 9.98. The minimum Gasteiger partial charge on any atom is -0.398 e. The maximum Gasteiger partial charge on any atom is 0.229 e. The Morgan fingerprint density at radius 1 is 1.17 bits per heavy atom. The van der Waals surface area contributed by atoms with Crippen molar-refractivity contribution in [2.75, 3.05) is 44.3 Å². The summed E-state index contributed by atoms with van der Waals surface area (Å²) in [4.78, 5) is 22.9. The molecule has 42 heavy (non-hydrogen) atoms. The first-order valence-electron chi connectivity index (χ1n) is 14.8. The van der Waals surface area contributed by atoms with Gasteiger partial charge >= 0.3 is 0 Å². The molecule has 2 aliphatic heterocycles. The molecule has 224 valence electrons. The number of pyridine rings is 1. The van der Waals surface area contributed by atoms with Crippen molar-refractivity contribution in [1.82, 2.24) is 24.8 Å². The van der Waals surface area contributed by atoms with Crippen molar-refractivity contribution < 1.29 is 9.50 Å². The molecule has 5 rings (SSSR count). The monoisotopic (exact) mass is 574 g/mol. The molecular weight excluding hydrogens is 531 g/mol. The Balaban J connectivity index is 1.27. The molecule has 3 aromatic rings. The number of aromatic nitrogens is 3. The van der Waals surface area contributed by atoms with E-state index in [9.17, 15) is 9.50 Å². The molecule has 0 radical (unpaired) electrons. The lowest BCUT2D eigenvalue weighted by atomic mass is 9.95. The summed E-state index contributed by atoms with van der Waals surface area (Å²) < 4.78 is 14.9.